The van der Waals surface area contributed by atoms with Gasteiger partial charge in [0.25, 0.3) is 5.91 Å². The molecular weight excluding hydrogens is 517 g/mol. The molecule has 21 heavy (non-hydrogen) atoms. The lowest BCUT2D eigenvalue weighted by Gasteiger charge is -2.09. The minimum absolute atomic E-state index is 0.148. The largest absolute Gasteiger partial charge is 0.478 e. The Morgan fingerprint density at radius 2 is 1.76 bits per heavy atom. The van der Waals surface area contributed by atoms with Gasteiger partial charge in [0.05, 0.1) is 16.8 Å². The van der Waals surface area contributed by atoms with E-state index in [9.17, 15) is 9.59 Å². The Morgan fingerprint density at radius 3 is 2.38 bits per heavy atom. The summed E-state index contributed by atoms with van der Waals surface area (Å²) in [5.74, 6) is -1.29. The number of carbonyl (C=O) groups excluding carboxylic acids is 1. The van der Waals surface area contributed by atoms with E-state index in [2.05, 4.69) is 59.8 Å². The first-order chi connectivity index (χ1) is 9.88. The number of carboxylic acid groups (broad SMARTS) is 1. The van der Waals surface area contributed by atoms with Gasteiger partial charge in [0.1, 0.15) is 0 Å². The van der Waals surface area contributed by atoms with Crippen molar-refractivity contribution in [2.75, 3.05) is 5.32 Å². The second kappa shape index (κ2) is 6.89. The van der Waals surface area contributed by atoms with Crippen molar-refractivity contribution in [2.45, 2.75) is 0 Å². The molecule has 4 nitrogen and oxygen atoms in total. The molecule has 1 amide bonds. The second-order valence-corrected chi connectivity index (χ2v) is 7.03. The molecule has 0 heterocycles. The summed E-state index contributed by atoms with van der Waals surface area (Å²) in [7, 11) is 0. The van der Waals surface area contributed by atoms with Gasteiger partial charge in [-0.2, -0.15) is 0 Å². The molecule has 0 saturated heterocycles. The molecule has 0 radical (unpaired) electrons. The minimum Gasteiger partial charge on any atom is -0.478 e. The highest BCUT2D eigenvalue weighted by molar-refractivity contribution is 14.1. The molecule has 0 unspecified atom stereocenters. The lowest BCUT2D eigenvalue weighted by molar-refractivity contribution is 0.0696. The summed E-state index contributed by atoms with van der Waals surface area (Å²) >= 11 is 8.73. The summed E-state index contributed by atoms with van der Waals surface area (Å²) in [6.07, 6.45) is 0. The SMILES string of the molecule is O=C(O)c1ccc(NC(=O)c2cc(I)ccc2Br)c(Br)c1. The zero-order valence-electron chi connectivity index (χ0n) is 10.4. The molecule has 0 saturated carbocycles. The van der Waals surface area contributed by atoms with Crippen molar-refractivity contribution in [2.24, 2.45) is 0 Å². The molecule has 0 aliphatic heterocycles. The molecule has 0 aliphatic carbocycles. The van der Waals surface area contributed by atoms with Gasteiger partial charge >= 0.3 is 5.97 Å². The van der Waals surface area contributed by atoms with Crippen molar-refractivity contribution in [3.8, 4) is 0 Å². The van der Waals surface area contributed by atoms with E-state index in [0.717, 1.165) is 3.57 Å². The van der Waals surface area contributed by atoms with E-state index < -0.39 is 5.97 Å². The fourth-order valence-corrected chi connectivity index (χ4v) is 3.01. The number of amides is 1. The summed E-state index contributed by atoms with van der Waals surface area (Å²) in [6, 6.07) is 9.89. The van der Waals surface area contributed by atoms with Crippen LogP contribution in [0.25, 0.3) is 0 Å². The maximum atomic E-state index is 12.3. The van der Waals surface area contributed by atoms with Crippen LogP contribution in [0.1, 0.15) is 20.7 Å². The van der Waals surface area contributed by atoms with Crippen LogP contribution in [-0.2, 0) is 0 Å². The van der Waals surface area contributed by atoms with Crippen LogP contribution in [-0.4, -0.2) is 17.0 Å². The van der Waals surface area contributed by atoms with Crippen LogP contribution < -0.4 is 5.32 Å². The van der Waals surface area contributed by atoms with E-state index in [1.54, 1.807) is 18.2 Å². The summed E-state index contributed by atoms with van der Waals surface area (Å²) < 4.78 is 2.15. The smallest absolute Gasteiger partial charge is 0.335 e. The topological polar surface area (TPSA) is 66.4 Å². The maximum Gasteiger partial charge on any atom is 0.335 e. The standard InChI is InChI=1S/C14H8Br2INO3/c15-10-3-2-8(17)6-9(10)13(19)18-12-4-1-7(14(20)21)5-11(12)16/h1-6H,(H,18,19)(H,20,21). The normalized spacial score (nSPS) is 10.2. The Bertz CT molecular complexity index is 734. The monoisotopic (exact) mass is 523 g/mol. The first-order valence-corrected chi connectivity index (χ1v) is 8.34. The van der Waals surface area contributed by atoms with Gasteiger partial charge in [0.2, 0.25) is 0 Å². The third kappa shape index (κ3) is 4.04. The van der Waals surface area contributed by atoms with Crippen LogP contribution >= 0.6 is 54.5 Å². The van der Waals surface area contributed by atoms with Crippen LogP contribution in [0.5, 0.6) is 0 Å². The molecule has 2 aromatic rings. The molecule has 2 rings (SSSR count). The summed E-state index contributed by atoms with van der Waals surface area (Å²) in [5, 5.41) is 11.7. The minimum atomic E-state index is -1.02. The van der Waals surface area contributed by atoms with E-state index >= 15 is 0 Å². The van der Waals surface area contributed by atoms with Gasteiger partial charge in [-0.3, -0.25) is 4.79 Å². The van der Waals surface area contributed by atoms with E-state index in [0.29, 0.717) is 20.2 Å². The van der Waals surface area contributed by atoms with Crippen molar-refractivity contribution in [3.05, 3.63) is 60.0 Å². The predicted octanol–water partition coefficient (Wildman–Crippen LogP) is 4.77. The number of nitrogens with one attached hydrogen (secondary N) is 1. The highest BCUT2D eigenvalue weighted by Crippen LogP contribution is 2.26. The van der Waals surface area contributed by atoms with Gasteiger partial charge in [-0.25, -0.2) is 4.79 Å². The van der Waals surface area contributed by atoms with Crippen LogP contribution in [0.3, 0.4) is 0 Å². The zero-order valence-corrected chi connectivity index (χ0v) is 15.7. The number of hydrogen-bond acceptors (Lipinski definition) is 2. The van der Waals surface area contributed by atoms with Crippen molar-refractivity contribution in [1.29, 1.82) is 0 Å². The van der Waals surface area contributed by atoms with Gasteiger partial charge < -0.3 is 10.4 Å². The first-order valence-electron chi connectivity index (χ1n) is 5.67. The van der Waals surface area contributed by atoms with Crippen LogP contribution in [0.15, 0.2) is 45.3 Å². The zero-order chi connectivity index (χ0) is 15.6. The van der Waals surface area contributed by atoms with E-state index in [1.807, 2.05) is 6.07 Å². The van der Waals surface area contributed by atoms with Gasteiger partial charge in [-0.05, 0) is 90.8 Å². The summed E-state index contributed by atoms with van der Waals surface area (Å²) in [4.78, 5) is 23.2. The van der Waals surface area contributed by atoms with Crippen LogP contribution in [0, 0.1) is 3.57 Å². The van der Waals surface area contributed by atoms with Gasteiger partial charge in [-0.15, -0.1) is 0 Å². The number of carboxylic acids is 1. The lowest BCUT2D eigenvalue weighted by Crippen LogP contribution is -2.13. The quantitative estimate of drug-likeness (QED) is 0.569. The molecule has 108 valence electrons. The van der Waals surface area contributed by atoms with Crippen molar-refractivity contribution in [3.63, 3.8) is 0 Å². The number of anilines is 1. The second-order valence-electron chi connectivity index (χ2n) is 4.08. The van der Waals surface area contributed by atoms with Crippen molar-refractivity contribution in [1.82, 2.24) is 0 Å². The molecule has 7 heteroatoms. The molecule has 0 aliphatic rings. The average molecular weight is 525 g/mol. The first kappa shape index (κ1) is 16.4. The Kier molecular flexibility index (Phi) is 5.39. The highest BCUT2D eigenvalue weighted by atomic mass is 127. The van der Waals surface area contributed by atoms with E-state index in [-0.39, 0.29) is 11.5 Å². The predicted molar refractivity (Wildman–Crippen MR) is 95.9 cm³/mol. The lowest BCUT2D eigenvalue weighted by atomic mass is 10.2. The van der Waals surface area contributed by atoms with Crippen molar-refractivity contribution < 1.29 is 14.7 Å². The summed E-state index contributed by atoms with van der Waals surface area (Å²) in [5.41, 5.74) is 1.17. The number of rotatable bonds is 3. The Labute approximate surface area is 151 Å². The molecule has 0 atom stereocenters. The molecule has 2 N–H and O–H groups in total. The van der Waals surface area contributed by atoms with Crippen LogP contribution in [0.4, 0.5) is 5.69 Å². The van der Waals surface area contributed by atoms with Gasteiger partial charge in [0.15, 0.2) is 0 Å². The fourth-order valence-electron chi connectivity index (χ4n) is 1.61. The number of carbonyl (C=O) groups is 2. The number of aromatic carboxylic acids is 1. The Morgan fingerprint density at radius 1 is 1.05 bits per heavy atom. The number of halogens is 3. The maximum absolute atomic E-state index is 12.3. The van der Waals surface area contributed by atoms with E-state index in [4.69, 9.17) is 5.11 Å². The highest BCUT2D eigenvalue weighted by Gasteiger charge is 2.13. The van der Waals surface area contributed by atoms with Gasteiger partial charge in [0, 0.05) is 12.5 Å². The summed E-state index contributed by atoms with van der Waals surface area (Å²) in [6.45, 7) is 0. The van der Waals surface area contributed by atoms with E-state index in [1.165, 1.54) is 12.1 Å². The third-order valence-electron chi connectivity index (χ3n) is 2.64. The molecule has 0 spiro atoms. The molecule has 2 aromatic carbocycles. The number of hydrogen-bond donors (Lipinski definition) is 2. The fraction of sp³-hybridized carbons (Fsp3) is 0. The Balaban J connectivity index is 2.27. The Hall–Kier alpha value is -0.930. The molecule has 0 bridgehead atoms. The van der Waals surface area contributed by atoms with Gasteiger partial charge in [-0.1, -0.05) is 0 Å². The number of benzene rings is 2. The average Bonchev–Trinajstić information content (AvgIpc) is 2.43. The van der Waals surface area contributed by atoms with Crippen molar-refractivity contribution >= 4 is 72.0 Å². The third-order valence-corrected chi connectivity index (χ3v) is 4.66. The molecule has 0 aromatic heterocycles. The van der Waals surface area contributed by atoms with Crippen LogP contribution in [0.2, 0.25) is 0 Å². The molecular formula is C14H8Br2INO3. The molecule has 0 fully saturated rings.